The van der Waals surface area contributed by atoms with E-state index < -0.39 is 0 Å². The van der Waals surface area contributed by atoms with E-state index >= 15 is 0 Å². The minimum Gasteiger partial charge on any atom is -0.372 e. The third-order valence-corrected chi connectivity index (χ3v) is 2.55. The summed E-state index contributed by atoms with van der Waals surface area (Å²) in [5.74, 6) is 0.566. The van der Waals surface area contributed by atoms with Gasteiger partial charge in [-0.05, 0) is 20.8 Å². The van der Waals surface area contributed by atoms with Crippen LogP contribution in [0.1, 0.15) is 30.1 Å². The Bertz CT molecular complexity index is 378. The van der Waals surface area contributed by atoms with E-state index in [4.69, 9.17) is 9.26 Å². The number of carbonyl (C=O) groups is 1. The van der Waals surface area contributed by atoms with Crippen LogP contribution in [0.25, 0.3) is 0 Å². The SMILES string of the molecule is Cc1cc(C(=O)N2CC(C)OC(C)C2)no1. The molecule has 2 heterocycles. The van der Waals surface area contributed by atoms with Crippen molar-refractivity contribution in [3.05, 3.63) is 17.5 Å². The highest BCUT2D eigenvalue weighted by atomic mass is 16.5. The second-order valence-electron chi connectivity index (χ2n) is 4.29. The lowest BCUT2D eigenvalue weighted by Crippen LogP contribution is -2.48. The van der Waals surface area contributed by atoms with Crippen LogP contribution in [0.2, 0.25) is 0 Å². The maximum Gasteiger partial charge on any atom is 0.276 e. The molecule has 2 unspecified atom stereocenters. The number of amides is 1. The number of rotatable bonds is 1. The molecule has 0 spiro atoms. The molecule has 1 aliphatic rings. The summed E-state index contributed by atoms with van der Waals surface area (Å²) in [5, 5.41) is 3.73. The lowest BCUT2D eigenvalue weighted by molar-refractivity contribution is -0.0588. The molecule has 0 radical (unpaired) electrons. The fourth-order valence-electron chi connectivity index (χ4n) is 1.97. The van der Waals surface area contributed by atoms with E-state index in [1.54, 1.807) is 17.9 Å². The summed E-state index contributed by atoms with van der Waals surface area (Å²) in [6.45, 7) is 6.91. The van der Waals surface area contributed by atoms with Crippen molar-refractivity contribution in [3.8, 4) is 0 Å². The van der Waals surface area contributed by atoms with Crippen LogP contribution in [0.3, 0.4) is 0 Å². The standard InChI is InChI=1S/C11H16N2O3/c1-7-4-10(12-16-7)11(14)13-5-8(2)15-9(3)6-13/h4,8-9H,5-6H2,1-3H3. The number of aryl methyl sites for hydroxylation is 1. The van der Waals surface area contributed by atoms with E-state index in [0.29, 0.717) is 24.5 Å². The van der Waals surface area contributed by atoms with E-state index in [1.807, 2.05) is 13.8 Å². The molecular weight excluding hydrogens is 208 g/mol. The summed E-state index contributed by atoms with van der Waals surface area (Å²) in [6, 6.07) is 1.66. The molecule has 5 heteroatoms. The van der Waals surface area contributed by atoms with Crippen molar-refractivity contribution in [1.82, 2.24) is 10.1 Å². The summed E-state index contributed by atoms with van der Waals surface area (Å²) < 4.78 is 10.5. The van der Waals surface area contributed by atoms with Crippen LogP contribution in [-0.4, -0.2) is 41.3 Å². The van der Waals surface area contributed by atoms with Gasteiger partial charge in [-0.1, -0.05) is 5.16 Å². The van der Waals surface area contributed by atoms with Gasteiger partial charge < -0.3 is 14.2 Å². The number of hydrogen-bond acceptors (Lipinski definition) is 4. The molecule has 1 aromatic rings. The Morgan fingerprint density at radius 1 is 1.44 bits per heavy atom. The van der Waals surface area contributed by atoms with Gasteiger partial charge in [0.2, 0.25) is 0 Å². The van der Waals surface area contributed by atoms with Gasteiger partial charge in [0, 0.05) is 19.2 Å². The zero-order chi connectivity index (χ0) is 11.7. The van der Waals surface area contributed by atoms with Crippen molar-refractivity contribution in [1.29, 1.82) is 0 Å². The van der Waals surface area contributed by atoms with Crippen molar-refractivity contribution in [2.45, 2.75) is 33.0 Å². The zero-order valence-corrected chi connectivity index (χ0v) is 9.77. The second kappa shape index (κ2) is 4.25. The molecule has 88 valence electrons. The quantitative estimate of drug-likeness (QED) is 0.720. The largest absolute Gasteiger partial charge is 0.372 e. The smallest absolute Gasteiger partial charge is 0.276 e. The van der Waals surface area contributed by atoms with E-state index in [-0.39, 0.29) is 18.1 Å². The molecule has 0 saturated carbocycles. The number of hydrogen-bond donors (Lipinski definition) is 0. The molecule has 2 atom stereocenters. The first-order chi connectivity index (χ1) is 7.56. The molecule has 16 heavy (non-hydrogen) atoms. The minimum absolute atomic E-state index is 0.0701. The average molecular weight is 224 g/mol. The van der Waals surface area contributed by atoms with Crippen molar-refractivity contribution in [2.75, 3.05) is 13.1 Å². The minimum atomic E-state index is -0.0844. The number of carbonyl (C=O) groups excluding carboxylic acids is 1. The molecule has 0 aromatic carbocycles. The lowest BCUT2D eigenvalue weighted by atomic mass is 10.2. The maximum absolute atomic E-state index is 12.1. The maximum atomic E-state index is 12.1. The fraction of sp³-hybridized carbons (Fsp3) is 0.636. The number of aromatic nitrogens is 1. The van der Waals surface area contributed by atoms with Gasteiger partial charge in [-0.2, -0.15) is 0 Å². The van der Waals surface area contributed by atoms with Gasteiger partial charge in [-0.25, -0.2) is 0 Å². The van der Waals surface area contributed by atoms with Crippen LogP contribution in [0.15, 0.2) is 10.6 Å². The number of nitrogens with zero attached hydrogens (tertiary/aromatic N) is 2. The normalized spacial score (nSPS) is 25.8. The van der Waals surface area contributed by atoms with Crippen molar-refractivity contribution in [3.63, 3.8) is 0 Å². The highest BCUT2D eigenvalue weighted by Crippen LogP contribution is 2.14. The number of ether oxygens (including phenoxy) is 1. The topological polar surface area (TPSA) is 55.6 Å². The average Bonchev–Trinajstić information content (AvgIpc) is 2.62. The summed E-state index contributed by atoms with van der Waals surface area (Å²) in [4.78, 5) is 13.8. The van der Waals surface area contributed by atoms with Gasteiger partial charge >= 0.3 is 0 Å². The Hall–Kier alpha value is -1.36. The van der Waals surface area contributed by atoms with E-state index in [2.05, 4.69) is 5.16 Å². The molecule has 1 saturated heterocycles. The molecule has 0 bridgehead atoms. The molecule has 0 N–H and O–H groups in total. The van der Waals surface area contributed by atoms with E-state index in [1.165, 1.54) is 0 Å². The Labute approximate surface area is 94.3 Å². The summed E-state index contributed by atoms with van der Waals surface area (Å²) >= 11 is 0. The molecular formula is C11H16N2O3. The molecule has 1 aromatic heterocycles. The van der Waals surface area contributed by atoms with Gasteiger partial charge in [-0.3, -0.25) is 4.79 Å². The second-order valence-corrected chi connectivity index (χ2v) is 4.29. The molecule has 2 rings (SSSR count). The van der Waals surface area contributed by atoms with E-state index in [0.717, 1.165) is 0 Å². The summed E-state index contributed by atoms with van der Waals surface area (Å²) in [5.41, 5.74) is 0.374. The first-order valence-electron chi connectivity index (χ1n) is 5.44. The molecule has 1 aliphatic heterocycles. The molecule has 1 amide bonds. The zero-order valence-electron chi connectivity index (χ0n) is 9.77. The van der Waals surface area contributed by atoms with Gasteiger partial charge in [-0.15, -0.1) is 0 Å². The van der Waals surface area contributed by atoms with Crippen LogP contribution >= 0.6 is 0 Å². The first kappa shape index (κ1) is 11.1. The van der Waals surface area contributed by atoms with Crippen molar-refractivity contribution >= 4 is 5.91 Å². The van der Waals surface area contributed by atoms with Gasteiger partial charge in [0.15, 0.2) is 5.69 Å². The van der Waals surface area contributed by atoms with E-state index in [9.17, 15) is 4.79 Å². The Balaban J connectivity index is 2.09. The van der Waals surface area contributed by atoms with Crippen LogP contribution in [0.5, 0.6) is 0 Å². The predicted molar refractivity (Wildman–Crippen MR) is 57.2 cm³/mol. The Morgan fingerprint density at radius 3 is 2.56 bits per heavy atom. The fourth-order valence-corrected chi connectivity index (χ4v) is 1.97. The Morgan fingerprint density at radius 2 is 2.06 bits per heavy atom. The lowest BCUT2D eigenvalue weighted by Gasteiger charge is -2.34. The van der Waals surface area contributed by atoms with Gasteiger partial charge in [0.1, 0.15) is 5.76 Å². The third-order valence-electron chi connectivity index (χ3n) is 2.55. The van der Waals surface area contributed by atoms with Crippen LogP contribution in [-0.2, 0) is 4.74 Å². The predicted octanol–water partition coefficient (Wildman–Crippen LogP) is 1.23. The Kier molecular flexibility index (Phi) is 2.96. The summed E-state index contributed by atoms with van der Waals surface area (Å²) in [6.07, 6.45) is 0.140. The highest BCUT2D eigenvalue weighted by molar-refractivity contribution is 5.92. The summed E-state index contributed by atoms with van der Waals surface area (Å²) in [7, 11) is 0. The van der Waals surface area contributed by atoms with Crippen LogP contribution in [0, 0.1) is 6.92 Å². The molecule has 0 aliphatic carbocycles. The first-order valence-corrected chi connectivity index (χ1v) is 5.44. The van der Waals surface area contributed by atoms with Crippen molar-refractivity contribution in [2.24, 2.45) is 0 Å². The number of morpholine rings is 1. The third kappa shape index (κ3) is 2.24. The van der Waals surface area contributed by atoms with Crippen LogP contribution in [0.4, 0.5) is 0 Å². The van der Waals surface area contributed by atoms with Gasteiger partial charge in [0.25, 0.3) is 5.91 Å². The van der Waals surface area contributed by atoms with Crippen LogP contribution < -0.4 is 0 Å². The molecule has 5 nitrogen and oxygen atoms in total. The highest BCUT2D eigenvalue weighted by Gasteiger charge is 2.27. The van der Waals surface area contributed by atoms with Gasteiger partial charge in [0.05, 0.1) is 12.2 Å². The monoisotopic (exact) mass is 224 g/mol. The van der Waals surface area contributed by atoms with Crippen molar-refractivity contribution < 1.29 is 14.1 Å². The molecule has 1 fully saturated rings.